The molecule has 180 valence electrons. The normalized spacial score (nSPS) is 14.8. The lowest BCUT2D eigenvalue weighted by molar-refractivity contribution is 0.0994. The van der Waals surface area contributed by atoms with Gasteiger partial charge < -0.3 is 20.4 Å². The van der Waals surface area contributed by atoms with E-state index < -0.39 is 17.5 Å². The number of hydrogen-bond acceptors (Lipinski definition) is 4. The van der Waals surface area contributed by atoms with Gasteiger partial charge in [-0.2, -0.15) is 5.10 Å². The number of rotatable bonds is 6. The number of halogens is 2. The predicted octanol–water partition coefficient (Wildman–Crippen LogP) is 5.21. The zero-order chi connectivity index (χ0) is 24.5. The van der Waals surface area contributed by atoms with E-state index in [9.17, 15) is 13.6 Å². The molecule has 1 aliphatic rings. The molecule has 1 fully saturated rings. The number of carbonyl (C=O) groups excluding carboxylic acids is 1. The van der Waals surface area contributed by atoms with Crippen LogP contribution in [0.4, 0.5) is 8.78 Å². The summed E-state index contributed by atoms with van der Waals surface area (Å²) >= 11 is 0. The molecule has 7 nitrogen and oxygen atoms in total. The fourth-order valence-electron chi connectivity index (χ4n) is 4.62. The van der Waals surface area contributed by atoms with Gasteiger partial charge in [-0.05, 0) is 68.3 Å². The standard InChI is InChI=1S/C26H25F2N5O2/c1-2-11-32-12-9-16(10-13-32)20-15-30-33-24(25(29)34)23(31-26(20)33)17-3-6-19(7-4-17)35-22-8-5-18(27)14-21(22)28/h2-8,11,14-16,31H,9-10,12-13H2,1H3,(H2,29,34). The van der Waals surface area contributed by atoms with Gasteiger partial charge in [-0.1, -0.05) is 6.08 Å². The van der Waals surface area contributed by atoms with Crippen molar-refractivity contribution in [3.8, 4) is 22.8 Å². The number of imidazole rings is 1. The number of allylic oxidation sites excluding steroid dienone is 1. The summed E-state index contributed by atoms with van der Waals surface area (Å²) < 4.78 is 34.2. The minimum Gasteiger partial charge on any atom is -0.454 e. The zero-order valence-corrected chi connectivity index (χ0v) is 19.2. The van der Waals surface area contributed by atoms with E-state index in [1.807, 2.05) is 19.2 Å². The van der Waals surface area contributed by atoms with E-state index in [-0.39, 0.29) is 11.4 Å². The Morgan fingerprint density at radius 3 is 2.57 bits per heavy atom. The molecule has 0 unspecified atom stereocenters. The van der Waals surface area contributed by atoms with Gasteiger partial charge in [0, 0.05) is 30.3 Å². The molecule has 1 aliphatic heterocycles. The number of ether oxygens (including phenoxy) is 1. The van der Waals surface area contributed by atoms with Crippen LogP contribution in [0.3, 0.4) is 0 Å². The molecule has 0 atom stereocenters. The van der Waals surface area contributed by atoms with E-state index in [0.29, 0.717) is 22.9 Å². The summed E-state index contributed by atoms with van der Waals surface area (Å²) in [6.07, 6.45) is 7.93. The molecule has 4 aromatic rings. The fourth-order valence-corrected chi connectivity index (χ4v) is 4.62. The van der Waals surface area contributed by atoms with Crippen molar-refractivity contribution in [2.24, 2.45) is 5.73 Å². The van der Waals surface area contributed by atoms with Crippen LogP contribution in [-0.2, 0) is 0 Å². The van der Waals surface area contributed by atoms with E-state index in [2.05, 4.69) is 21.2 Å². The number of carbonyl (C=O) groups is 1. The highest BCUT2D eigenvalue weighted by atomic mass is 19.1. The number of amides is 1. The van der Waals surface area contributed by atoms with Gasteiger partial charge in [0.1, 0.15) is 17.2 Å². The number of fused-ring (bicyclic) bond motifs is 1. The van der Waals surface area contributed by atoms with Crippen LogP contribution in [0.2, 0.25) is 0 Å². The van der Waals surface area contributed by atoms with Crippen LogP contribution in [0.15, 0.2) is 60.9 Å². The number of H-pyrrole nitrogens is 1. The minimum absolute atomic E-state index is 0.0829. The number of likely N-dealkylation sites (tertiary alicyclic amines) is 1. The van der Waals surface area contributed by atoms with Gasteiger partial charge in [-0.3, -0.25) is 4.79 Å². The topological polar surface area (TPSA) is 88.7 Å². The Kier molecular flexibility index (Phi) is 5.98. The number of aromatic nitrogens is 3. The number of piperidine rings is 1. The summed E-state index contributed by atoms with van der Waals surface area (Å²) in [6.45, 7) is 3.93. The van der Waals surface area contributed by atoms with Crippen LogP contribution in [0.25, 0.3) is 16.9 Å². The first-order valence-electron chi connectivity index (χ1n) is 11.4. The summed E-state index contributed by atoms with van der Waals surface area (Å²) in [7, 11) is 0. The molecule has 1 saturated heterocycles. The van der Waals surface area contributed by atoms with E-state index in [4.69, 9.17) is 10.5 Å². The average Bonchev–Trinajstić information content (AvgIpc) is 3.41. The van der Waals surface area contributed by atoms with Crippen LogP contribution in [-0.4, -0.2) is 38.5 Å². The molecule has 0 radical (unpaired) electrons. The maximum Gasteiger partial charge on any atom is 0.269 e. The number of benzene rings is 2. The van der Waals surface area contributed by atoms with Crippen LogP contribution < -0.4 is 10.5 Å². The van der Waals surface area contributed by atoms with Crippen LogP contribution in [0, 0.1) is 11.6 Å². The van der Waals surface area contributed by atoms with E-state index >= 15 is 0 Å². The molecular formula is C26H25F2N5O2. The molecule has 3 N–H and O–H groups in total. The van der Waals surface area contributed by atoms with Gasteiger partial charge in [-0.15, -0.1) is 0 Å². The summed E-state index contributed by atoms with van der Waals surface area (Å²) in [5.74, 6) is -1.46. The van der Waals surface area contributed by atoms with Crippen molar-refractivity contribution in [3.63, 3.8) is 0 Å². The molecular weight excluding hydrogens is 452 g/mol. The van der Waals surface area contributed by atoms with Gasteiger partial charge in [0.05, 0.1) is 11.9 Å². The summed E-state index contributed by atoms with van der Waals surface area (Å²) in [6, 6.07) is 9.89. The van der Waals surface area contributed by atoms with Crippen molar-refractivity contribution in [3.05, 3.63) is 83.8 Å². The van der Waals surface area contributed by atoms with Gasteiger partial charge >= 0.3 is 0 Å². The number of primary amides is 1. The van der Waals surface area contributed by atoms with Crippen LogP contribution in [0.1, 0.15) is 41.7 Å². The molecule has 5 rings (SSSR count). The first-order chi connectivity index (χ1) is 16.9. The zero-order valence-electron chi connectivity index (χ0n) is 19.2. The summed E-state index contributed by atoms with van der Waals surface area (Å²) in [5, 5.41) is 4.47. The Morgan fingerprint density at radius 1 is 1.17 bits per heavy atom. The molecule has 35 heavy (non-hydrogen) atoms. The summed E-state index contributed by atoms with van der Waals surface area (Å²) in [5.41, 5.74) is 9.06. The molecule has 2 aromatic carbocycles. The van der Waals surface area contributed by atoms with Crippen LogP contribution >= 0.6 is 0 Å². The third kappa shape index (κ3) is 4.37. The smallest absolute Gasteiger partial charge is 0.269 e. The van der Waals surface area contributed by atoms with Gasteiger partial charge in [0.15, 0.2) is 17.3 Å². The number of nitrogens with one attached hydrogen (secondary N) is 1. The number of hydrogen-bond donors (Lipinski definition) is 2. The van der Waals surface area contributed by atoms with Gasteiger partial charge in [0.2, 0.25) is 0 Å². The first-order valence-corrected chi connectivity index (χ1v) is 11.4. The van der Waals surface area contributed by atoms with Crippen LogP contribution in [0.5, 0.6) is 11.5 Å². The predicted molar refractivity (Wildman–Crippen MR) is 128 cm³/mol. The molecule has 0 aliphatic carbocycles. The Hall–Kier alpha value is -4.14. The van der Waals surface area contributed by atoms with E-state index in [1.54, 1.807) is 28.8 Å². The monoisotopic (exact) mass is 477 g/mol. The SMILES string of the molecule is CC=CN1CCC(c2cnn3c(C(N)=O)c(-c4ccc(Oc5ccc(F)cc5F)cc4)[nH]c23)CC1. The lowest BCUT2D eigenvalue weighted by Gasteiger charge is -2.30. The molecule has 0 saturated carbocycles. The maximum atomic E-state index is 13.9. The molecule has 0 spiro atoms. The third-order valence-corrected chi connectivity index (χ3v) is 6.32. The van der Waals surface area contributed by atoms with E-state index in [0.717, 1.165) is 49.3 Å². The minimum atomic E-state index is -0.792. The second kappa shape index (κ2) is 9.25. The van der Waals surface area contributed by atoms with Crippen molar-refractivity contribution in [2.45, 2.75) is 25.7 Å². The number of nitrogens with zero attached hydrogens (tertiary/aromatic N) is 3. The highest BCUT2D eigenvalue weighted by Crippen LogP contribution is 2.34. The molecule has 1 amide bonds. The fraction of sp³-hybridized carbons (Fsp3) is 0.231. The number of nitrogens with two attached hydrogens (primary N) is 1. The maximum absolute atomic E-state index is 13.9. The quantitative estimate of drug-likeness (QED) is 0.399. The molecule has 9 heteroatoms. The van der Waals surface area contributed by atoms with Crippen molar-refractivity contribution >= 4 is 11.6 Å². The van der Waals surface area contributed by atoms with Gasteiger partial charge in [0.25, 0.3) is 5.91 Å². The largest absolute Gasteiger partial charge is 0.454 e. The Labute approximate surface area is 200 Å². The third-order valence-electron chi connectivity index (χ3n) is 6.32. The Balaban J connectivity index is 1.44. The van der Waals surface area contributed by atoms with Crippen molar-refractivity contribution in [2.75, 3.05) is 13.1 Å². The second-order valence-electron chi connectivity index (χ2n) is 8.57. The highest BCUT2D eigenvalue weighted by Gasteiger charge is 2.26. The van der Waals surface area contributed by atoms with Crippen molar-refractivity contribution in [1.29, 1.82) is 0 Å². The highest BCUT2D eigenvalue weighted by molar-refractivity contribution is 5.98. The Bertz CT molecular complexity index is 1400. The Morgan fingerprint density at radius 2 is 1.91 bits per heavy atom. The molecule has 3 heterocycles. The van der Waals surface area contributed by atoms with Crippen molar-refractivity contribution in [1.82, 2.24) is 19.5 Å². The van der Waals surface area contributed by atoms with Crippen molar-refractivity contribution < 1.29 is 18.3 Å². The first kappa shape index (κ1) is 22.6. The second-order valence-corrected chi connectivity index (χ2v) is 8.57. The number of aromatic amines is 1. The molecule has 2 aromatic heterocycles. The van der Waals surface area contributed by atoms with Gasteiger partial charge in [-0.25, -0.2) is 13.3 Å². The summed E-state index contributed by atoms with van der Waals surface area (Å²) in [4.78, 5) is 18.0. The van der Waals surface area contributed by atoms with E-state index in [1.165, 1.54) is 6.07 Å². The average molecular weight is 478 g/mol. The lowest BCUT2D eigenvalue weighted by atomic mass is 9.91. The molecule has 0 bridgehead atoms. The lowest BCUT2D eigenvalue weighted by Crippen LogP contribution is -2.28.